The van der Waals surface area contributed by atoms with Crippen LogP contribution in [0, 0.1) is 0 Å². The molecule has 0 atom stereocenters. The van der Waals surface area contributed by atoms with Crippen molar-refractivity contribution in [2.45, 2.75) is 6.54 Å². The number of halogens is 1. The van der Waals surface area contributed by atoms with Gasteiger partial charge in [0, 0.05) is 5.69 Å². The molecule has 0 unspecified atom stereocenters. The van der Waals surface area contributed by atoms with Crippen molar-refractivity contribution in [1.82, 2.24) is 5.32 Å². The van der Waals surface area contributed by atoms with Gasteiger partial charge in [-0.25, -0.2) is 0 Å². The number of carbonyl (C=O) groups excluding carboxylic acids is 1. The quantitative estimate of drug-likeness (QED) is 0.874. The first kappa shape index (κ1) is 14.3. The van der Waals surface area contributed by atoms with Crippen molar-refractivity contribution in [2.24, 2.45) is 0 Å². The topological polar surface area (TPSA) is 54.3 Å². The molecule has 0 fully saturated rings. The van der Waals surface area contributed by atoms with Gasteiger partial charge in [-0.2, -0.15) is 0 Å². The standard InChI is InChI=1S/C13H14N2O2.ClH/c16-13(15-11-5-2-1-3-6-11)10-14-9-12-7-4-8-17-12;/h1-8,14H,9-10H2,(H,15,16);1H. The summed E-state index contributed by atoms with van der Waals surface area (Å²) in [5.41, 5.74) is 0.803. The molecule has 0 saturated carbocycles. The molecule has 1 heterocycles. The number of carbonyl (C=O) groups is 1. The van der Waals surface area contributed by atoms with Gasteiger partial charge >= 0.3 is 0 Å². The van der Waals surface area contributed by atoms with Crippen LogP contribution in [-0.4, -0.2) is 12.5 Å². The highest BCUT2D eigenvalue weighted by molar-refractivity contribution is 5.92. The average Bonchev–Trinajstić information content (AvgIpc) is 2.83. The Morgan fingerprint density at radius 1 is 1.11 bits per heavy atom. The zero-order valence-electron chi connectivity index (χ0n) is 9.76. The van der Waals surface area contributed by atoms with Crippen LogP contribution in [0.15, 0.2) is 53.1 Å². The molecule has 0 radical (unpaired) electrons. The Bertz CT molecular complexity index is 457. The summed E-state index contributed by atoms with van der Waals surface area (Å²) in [6.07, 6.45) is 1.61. The summed E-state index contributed by atoms with van der Waals surface area (Å²) in [4.78, 5) is 11.5. The Kier molecular flexibility index (Phi) is 5.97. The maximum absolute atomic E-state index is 11.5. The lowest BCUT2D eigenvalue weighted by molar-refractivity contribution is -0.115. The third-order valence-corrected chi connectivity index (χ3v) is 2.22. The van der Waals surface area contributed by atoms with Gasteiger partial charge in [-0.05, 0) is 24.3 Å². The summed E-state index contributed by atoms with van der Waals surface area (Å²) in [6.45, 7) is 0.810. The molecule has 0 aliphatic rings. The third kappa shape index (κ3) is 4.61. The SMILES string of the molecule is Cl.O=C(CNCc1ccco1)Nc1ccccc1. The first-order valence-electron chi connectivity index (χ1n) is 5.42. The van der Waals surface area contributed by atoms with E-state index in [1.165, 1.54) is 0 Å². The molecule has 1 aromatic carbocycles. The molecule has 96 valence electrons. The summed E-state index contributed by atoms with van der Waals surface area (Å²) < 4.78 is 5.14. The normalized spacial score (nSPS) is 9.56. The monoisotopic (exact) mass is 266 g/mol. The Labute approximate surface area is 112 Å². The summed E-state index contributed by atoms with van der Waals surface area (Å²) in [5.74, 6) is 0.750. The van der Waals surface area contributed by atoms with E-state index in [4.69, 9.17) is 4.42 Å². The van der Waals surface area contributed by atoms with Crippen molar-refractivity contribution >= 4 is 24.0 Å². The third-order valence-electron chi connectivity index (χ3n) is 2.22. The predicted molar refractivity (Wildman–Crippen MR) is 72.7 cm³/mol. The smallest absolute Gasteiger partial charge is 0.238 e. The van der Waals surface area contributed by atoms with E-state index in [1.54, 1.807) is 6.26 Å². The van der Waals surface area contributed by atoms with Gasteiger partial charge in [-0.15, -0.1) is 12.4 Å². The highest BCUT2D eigenvalue weighted by Crippen LogP contribution is 2.04. The van der Waals surface area contributed by atoms with Crippen LogP contribution in [0.25, 0.3) is 0 Å². The van der Waals surface area contributed by atoms with Crippen LogP contribution < -0.4 is 10.6 Å². The number of hydrogen-bond acceptors (Lipinski definition) is 3. The molecule has 1 amide bonds. The molecular formula is C13H15ClN2O2. The second kappa shape index (κ2) is 7.53. The van der Waals surface area contributed by atoms with Crippen LogP contribution in [0.4, 0.5) is 5.69 Å². The molecule has 0 bridgehead atoms. The van der Waals surface area contributed by atoms with E-state index < -0.39 is 0 Å². The molecule has 0 aliphatic heterocycles. The zero-order valence-corrected chi connectivity index (χ0v) is 10.6. The summed E-state index contributed by atoms with van der Waals surface area (Å²) >= 11 is 0. The van der Waals surface area contributed by atoms with Crippen molar-refractivity contribution in [3.63, 3.8) is 0 Å². The number of amides is 1. The van der Waals surface area contributed by atoms with Crippen LogP contribution in [0.3, 0.4) is 0 Å². The first-order chi connectivity index (χ1) is 8.34. The minimum absolute atomic E-state index is 0. The maximum atomic E-state index is 11.5. The van der Waals surface area contributed by atoms with E-state index in [2.05, 4.69) is 10.6 Å². The van der Waals surface area contributed by atoms with Gasteiger partial charge in [0.15, 0.2) is 0 Å². The number of benzene rings is 1. The van der Waals surface area contributed by atoms with Gasteiger partial charge in [-0.1, -0.05) is 18.2 Å². The van der Waals surface area contributed by atoms with Gasteiger partial charge < -0.3 is 15.1 Å². The van der Waals surface area contributed by atoms with E-state index >= 15 is 0 Å². The molecule has 2 N–H and O–H groups in total. The largest absolute Gasteiger partial charge is 0.468 e. The second-order valence-electron chi connectivity index (χ2n) is 3.60. The van der Waals surface area contributed by atoms with Crippen LogP contribution in [0.5, 0.6) is 0 Å². The fraction of sp³-hybridized carbons (Fsp3) is 0.154. The molecule has 2 aromatic rings. The Hall–Kier alpha value is -1.78. The summed E-state index contributed by atoms with van der Waals surface area (Å²) in [7, 11) is 0. The number of nitrogens with one attached hydrogen (secondary N) is 2. The maximum Gasteiger partial charge on any atom is 0.238 e. The van der Waals surface area contributed by atoms with E-state index in [0.717, 1.165) is 11.4 Å². The van der Waals surface area contributed by atoms with E-state index in [1.807, 2.05) is 42.5 Å². The molecule has 4 nitrogen and oxygen atoms in total. The minimum atomic E-state index is -0.0669. The lowest BCUT2D eigenvalue weighted by Crippen LogP contribution is -2.27. The van der Waals surface area contributed by atoms with Crippen LogP contribution >= 0.6 is 12.4 Å². The number of furan rings is 1. The summed E-state index contributed by atoms with van der Waals surface area (Å²) in [6, 6.07) is 13.1. The summed E-state index contributed by atoms with van der Waals surface area (Å²) in [5, 5.41) is 5.79. The highest BCUT2D eigenvalue weighted by Gasteiger charge is 2.01. The molecule has 5 heteroatoms. The average molecular weight is 267 g/mol. The van der Waals surface area contributed by atoms with Crippen molar-refractivity contribution < 1.29 is 9.21 Å². The van der Waals surface area contributed by atoms with Gasteiger partial charge in [-0.3, -0.25) is 4.79 Å². The van der Waals surface area contributed by atoms with Crippen molar-refractivity contribution in [1.29, 1.82) is 0 Å². The van der Waals surface area contributed by atoms with E-state index in [-0.39, 0.29) is 24.9 Å². The number of rotatable bonds is 5. The molecule has 1 aromatic heterocycles. The van der Waals surface area contributed by atoms with Crippen LogP contribution in [-0.2, 0) is 11.3 Å². The van der Waals surface area contributed by atoms with E-state index in [0.29, 0.717) is 6.54 Å². The van der Waals surface area contributed by atoms with Crippen LogP contribution in [0.1, 0.15) is 5.76 Å². The van der Waals surface area contributed by atoms with Crippen molar-refractivity contribution in [2.75, 3.05) is 11.9 Å². The Balaban J connectivity index is 0.00000162. The molecule has 2 rings (SSSR count). The van der Waals surface area contributed by atoms with Gasteiger partial charge in [0.25, 0.3) is 0 Å². The van der Waals surface area contributed by atoms with Gasteiger partial charge in [0.05, 0.1) is 19.4 Å². The minimum Gasteiger partial charge on any atom is -0.468 e. The number of hydrogen-bond donors (Lipinski definition) is 2. The lowest BCUT2D eigenvalue weighted by Gasteiger charge is -2.05. The fourth-order valence-corrected chi connectivity index (χ4v) is 1.44. The van der Waals surface area contributed by atoms with E-state index in [9.17, 15) is 4.79 Å². The van der Waals surface area contributed by atoms with Crippen molar-refractivity contribution in [3.05, 3.63) is 54.5 Å². The molecule has 0 saturated heterocycles. The highest BCUT2D eigenvalue weighted by atomic mass is 35.5. The van der Waals surface area contributed by atoms with Crippen LogP contribution in [0.2, 0.25) is 0 Å². The van der Waals surface area contributed by atoms with Gasteiger partial charge in [0.1, 0.15) is 5.76 Å². The second-order valence-corrected chi connectivity index (χ2v) is 3.60. The Morgan fingerprint density at radius 2 is 1.89 bits per heavy atom. The predicted octanol–water partition coefficient (Wildman–Crippen LogP) is 2.43. The number of anilines is 1. The fourth-order valence-electron chi connectivity index (χ4n) is 1.44. The molecule has 0 spiro atoms. The first-order valence-corrected chi connectivity index (χ1v) is 5.42. The molecular weight excluding hydrogens is 252 g/mol. The lowest BCUT2D eigenvalue weighted by atomic mass is 10.3. The zero-order chi connectivity index (χ0) is 11.9. The Morgan fingerprint density at radius 3 is 2.56 bits per heavy atom. The van der Waals surface area contributed by atoms with Gasteiger partial charge in [0.2, 0.25) is 5.91 Å². The molecule has 0 aliphatic carbocycles. The number of para-hydroxylation sites is 1. The molecule has 18 heavy (non-hydrogen) atoms. The van der Waals surface area contributed by atoms with Crippen molar-refractivity contribution in [3.8, 4) is 0 Å².